The highest BCUT2D eigenvalue weighted by molar-refractivity contribution is 6.05. The lowest BCUT2D eigenvalue weighted by Gasteiger charge is -2.34. The number of aryl methyl sites for hydroxylation is 1. The summed E-state index contributed by atoms with van der Waals surface area (Å²) in [7, 11) is 0. The van der Waals surface area contributed by atoms with Crippen LogP contribution in [0.5, 0.6) is 0 Å². The van der Waals surface area contributed by atoms with Crippen LogP contribution in [0.4, 0.5) is 10.5 Å². The molecule has 7 nitrogen and oxygen atoms in total. The molecule has 0 fully saturated rings. The zero-order valence-corrected chi connectivity index (χ0v) is 28.0. The topological polar surface area (TPSA) is 96.9 Å². The van der Waals surface area contributed by atoms with Crippen LogP contribution in [0.15, 0.2) is 120 Å². The van der Waals surface area contributed by atoms with Crippen LogP contribution >= 0.6 is 0 Å². The van der Waals surface area contributed by atoms with Crippen molar-refractivity contribution in [2.45, 2.75) is 57.5 Å². The number of benzene rings is 5. The molecule has 0 aromatic heterocycles. The van der Waals surface area contributed by atoms with Crippen molar-refractivity contribution in [1.82, 2.24) is 5.43 Å². The monoisotopic (exact) mass is 661 g/mol. The van der Waals surface area contributed by atoms with Crippen LogP contribution in [0, 0.1) is 0 Å². The normalized spacial score (nSPS) is 16.2. The minimum atomic E-state index is -0.652. The van der Waals surface area contributed by atoms with Gasteiger partial charge in [0.05, 0.1) is 6.21 Å². The van der Waals surface area contributed by atoms with Crippen LogP contribution in [-0.4, -0.2) is 24.0 Å². The number of hydrazone groups is 1. The smallest absolute Gasteiger partial charge is 0.428 e. The summed E-state index contributed by atoms with van der Waals surface area (Å²) in [6, 6.07) is 37.3. The molecule has 2 unspecified atom stereocenters. The van der Waals surface area contributed by atoms with Gasteiger partial charge in [0.15, 0.2) is 0 Å². The number of carbonyl (C=O) groups excluding carboxylic acids is 3. The van der Waals surface area contributed by atoms with Gasteiger partial charge in [-0.15, -0.1) is 0 Å². The number of rotatable bonds is 9. The highest BCUT2D eigenvalue weighted by atomic mass is 16.6. The van der Waals surface area contributed by atoms with Crippen molar-refractivity contribution in [2.75, 3.05) is 5.32 Å². The summed E-state index contributed by atoms with van der Waals surface area (Å²) < 4.78 is 5.16. The van der Waals surface area contributed by atoms with Crippen molar-refractivity contribution < 1.29 is 19.1 Å². The Bertz CT molecular complexity index is 2060. The minimum absolute atomic E-state index is 0.0990. The number of anilines is 1. The predicted octanol–water partition coefficient (Wildman–Crippen LogP) is 8.76. The summed E-state index contributed by atoms with van der Waals surface area (Å²) in [5.41, 5.74) is 13.7. The van der Waals surface area contributed by atoms with E-state index < -0.39 is 6.09 Å². The second-order valence-corrected chi connectivity index (χ2v) is 13.1. The summed E-state index contributed by atoms with van der Waals surface area (Å²) in [6.07, 6.45) is 4.71. The van der Waals surface area contributed by atoms with Crippen molar-refractivity contribution in [3.05, 3.63) is 160 Å². The van der Waals surface area contributed by atoms with E-state index >= 15 is 0 Å². The molecule has 5 aromatic carbocycles. The first-order chi connectivity index (χ1) is 24.4. The molecule has 5 aromatic rings. The molecule has 0 aliphatic heterocycles. The van der Waals surface area contributed by atoms with Crippen LogP contribution in [0.3, 0.4) is 0 Å². The average molecular weight is 662 g/mol. The van der Waals surface area contributed by atoms with Crippen molar-refractivity contribution in [2.24, 2.45) is 5.10 Å². The molecule has 2 aliphatic rings. The quantitative estimate of drug-likeness (QED) is 0.122. The van der Waals surface area contributed by atoms with Crippen molar-refractivity contribution in [3.8, 4) is 11.1 Å². The molecule has 0 saturated heterocycles. The summed E-state index contributed by atoms with van der Waals surface area (Å²) >= 11 is 0. The van der Waals surface area contributed by atoms with Gasteiger partial charge in [0, 0.05) is 23.6 Å². The molecule has 2 atom stereocenters. The molecule has 50 heavy (non-hydrogen) atoms. The molecular weight excluding hydrogens is 622 g/mol. The highest BCUT2D eigenvalue weighted by Crippen LogP contribution is 2.47. The number of hydrogen-bond acceptors (Lipinski definition) is 5. The maximum absolute atomic E-state index is 13.5. The molecule has 0 bridgehead atoms. The third-order valence-electron chi connectivity index (χ3n) is 9.83. The molecule has 7 rings (SSSR count). The number of carbonyl (C=O) groups is 3. The zero-order chi connectivity index (χ0) is 34.5. The lowest BCUT2D eigenvalue weighted by Crippen LogP contribution is -2.26. The van der Waals surface area contributed by atoms with Crippen molar-refractivity contribution >= 4 is 29.7 Å². The Labute approximate surface area is 292 Å². The third-order valence-corrected chi connectivity index (χ3v) is 9.83. The fraction of sp³-hybridized carbons (Fsp3) is 0.209. The summed E-state index contributed by atoms with van der Waals surface area (Å²) in [5.74, 6) is 0.244. The third kappa shape index (κ3) is 7.13. The standard InChI is InChI=1S/C43H39N3O4/c1-28-25-40(47)38(20-17-29-9-4-2-5-10-29)41-33(28)21-22-35-34-13-8-14-39(36(34)23-24-37(35)41)45-42(48)32-18-15-30(16-19-32)26-44-46-43(49)50-27-31-11-6-3-7-12-31/h2-16,18-19,21-22,26,28,38H,17,20,23-25,27H2,1H3,(H,45,48)(H,46,49). The highest BCUT2D eigenvalue weighted by Gasteiger charge is 2.35. The number of nitrogens with one attached hydrogen (secondary N) is 2. The number of Topliss-reactive ketones (excluding diaryl/α,β-unsaturated/α-hetero) is 1. The molecule has 7 heteroatoms. The van der Waals surface area contributed by atoms with Gasteiger partial charge in [-0.2, -0.15) is 5.10 Å². The largest absolute Gasteiger partial charge is 0.443 e. The first-order valence-electron chi connectivity index (χ1n) is 17.2. The molecular formula is C43H39N3O4. The summed E-state index contributed by atoms with van der Waals surface area (Å²) in [5, 5.41) is 7.10. The fourth-order valence-corrected chi connectivity index (χ4v) is 7.33. The van der Waals surface area contributed by atoms with Gasteiger partial charge >= 0.3 is 6.09 Å². The molecule has 0 saturated carbocycles. The maximum atomic E-state index is 13.5. The predicted molar refractivity (Wildman–Crippen MR) is 197 cm³/mol. The second kappa shape index (κ2) is 14.7. The van der Waals surface area contributed by atoms with Gasteiger partial charge in [0.2, 0.25) is 0 Å². The van der Waals surface area contributed by atoms with Gasteiger partial charge in [-0.1, -0.05) is 104 Å². The molecule has 250 valence electrons. The Hall–Kier alpha value is -5.82. The number of ketones is 1. The Balaban J connectivity index is 1.04. The van der Waals surface area contributed by atoms with Crippen LogP contribution in [0.25, 0.3) is 11.1 Å². The van der Waals surface area contributed by atoms with E-state index in [1.54, 1.807) is 24.3 Å². The van der Waals surface area contributed by atoms with Crippen molar-refractivity contribution in [1.29, 1.82) is 0 Å². The van der Waals surface area contributed by atoms with Crippen LogP contribution < -0.4 is 10.7 Å². The maximum Gasteiger partial charge on any atom is 0.428 e. The number of amides is 2. The van der Waals surface area contributed by atoms with Gasteiger partial charge in [0.1, 0.15) is 12.4 Å². The zero-order valence-electron chi connectivity index (χ0n) is 28.0. The Morgan fingerprint density at radius 1 is 0.800 bits per heavy atom. The Kier molecular flexibility index (Phi) is 9.65. The van der Waals surface area contributed by atoms with Gasteiger partial charge in [-0.25, -0.2) is 10.2 Å². The molecule has 0 heterocycles. The molecule has 0 radical (unpaired) electrons. The van der Waals surface area contributed by atoms with E-state index in [-0.39, 0.29) is 24.3 Å². The lowest BCUT2D eigenvalue weighted by molar-refractivity contribution is -0.121. The summed E-state index contributed by atoms with van der Waals surface area (Å²) in [4.78, 5) is 38.9. The van der Waals surface area contributed by atoms with E-state index in [1.165, 1.54) is 28.5 Å². The number of nitrogens with zero attached hydrogens (tertiary/aromatic N) is 1. The van der Waals surface area contributed by atoms with Gasteiger partial charge in [-0.3, -0.25) is 9.59 Å². The van der Waals surface area contributed by atoms with Crippen LogP contribution in [-0.2, 0) is 35.4 Å². The first kappa shape index (κ1) is 32.7. The molecule has 2 amide bonds. The van der Waals surface area contributed by atoms with Crippen LogP contribution in [0.2, 0.25) is 0 Å². The van der Waals surface area contributed by atoms with Gasteiger partial charge in [0.25, 0.3) is 5.91 Å². The van der Waals surface area contributed by atoms with E-state index in [0.29, 0.717) is 17.8 Å². The van der Waals surface area contributed by atoms with Gasteiger partial charge < -0.3 is 10.1 Å². The molecule has 2 aliphatic carbocycles. The van der Waals surface area contributed by atoms with Gasteiger partial charge in [-0.05, 0) is 99.9 Å². The van der Waals surface area contributed by atoms with E-state index in [2.05, 4.69) is 65.2 Å². The van der Waals surface area contributed by atoms with Crippen LogP contribution in [0.1, 0.15) is 80.9 Å². The van der Waals surface area contributed by atoms with E-state index in [4.69, 9.17) is 4.74 Å². The minimum Gasteiger partial charge on any atom is -0.443 e. The Morgan fingerprint density at radius 2 is 1.50 bits per heavy atom. The molecule has 2 N–H and O–H groups in total. The van der Waals surface area contributed by atoms with E-state index in [9.17, 15) is 14.4 Å². The number of fused-ring (bicyclic) bond motifs is 5. The Morgan fingerprint density at radius 3 is 2.26 bits per heavy atom. The molecule has 0 spiro atoms. The average Bonchev–Trinajstić information content (AvgIpc) is 3.14. The van der Waals surface area contributed by atoms with Crippen molar-refractivity contribution in [3.63, 3.8) is 0 Å². The second-order valence-electron chi connectivity index (χ2n) is 13.1. The SMILES string of the molecule is CC1CC(=O)C(CCc2ccccc2)c2c1ccc1c2CCc2c(NC(=O)c3ccc(C=NNC(=O)OCc4ccccc4)cc3)cccc2-1. The first-order valence-corrected chi connectivity index (χ1v) is 17.2. The van der Waals surface area contributed by atoms with E-state index in [0.717, 1.165) is 59.2 Å². The number of ether oxygens (including phenoxy) is 1. The summed E-state index contributed by atoms with van der Waals surface area (Å²) in [6.45, 7) is 2.32. The van der Waals surface area contributed by atoms with E-state index in [1.807, 2.05) is 48.5 Å². The lowest BCUT2D eigenvalue weighted by atomic mass is 9.69. The number of hydrogen-bond donors (Lipinski definition) is 2. The fourth-order valence-electron chi connectivity index (χ4n) is 7.33.